The molecule has 2 rings (SSSR count). The highest BCUT2D eigenvalue weighted by molar-refractivity contribution is 6.20. The monoisotopic (exact) mass is 286 g/mol. The van der Waals surface area contributed by atoms with Crippen molar-refractivity contribution in [2.45, 2.75) is 13.2 Å². The average Bonchev–Trinajstić information content (AvgIpc) is 2.51. The molecule has 0 spiro atoms. The largest absolute Gasteiger partial charge is 0.576 e. The summed E-state index contributed by atoms with van der Waals surface area (Å²) in [7, 11) is 3.53. The first-order chi connectivity index (χ1) is 10.3. The Morgan fingerprint density at radius 2 is 1.05 bits per heavy atom. The Kier molecular flexibility index (Phi) is 6.12. The first-order valence-corrected chi connectivity index (χ1v) is 6.73. The molecule has 0 saturated carbocycles. The highest BCUT2D eigenvalue weighted by Crippen LogP contribution is 2.15. The molecule has 0 aliphatic carbocycles. The molecule has 0 bridgehead atoms. The van der Waals surface area contributed by atoms with Crippen LogP contribution in [0.1, 0.15) is 11.1 Å². The quantitative estimate of drug-likeness (QED) is 0.699. The number of ether oxygens (including phenoxy) is 2. The molecule has 0 amide bonds. The Labute approximate surface area is 125 Å². The van der Waals surface area contributed by atoms with Gasteiger partial charge < -0.3 is 18.8 Å². The summed E-state index contributed by atoms with van der Waals surface area (Å²) >= 11 is 0. The number of rotatable bonds is 8. The van der Waals surface area contributed by atoms with Crippen LogP contribution in [-0.4, -0.2) is 21.9 Å². The van der Waals surface area contributed by atoms with Crippen LogP contribution in [0.25, 0.3) is 0 Å². The molecule has 110 valence electrons. The maximum atomic E-state index is 5.53. The minimum atomic E-state index is 0.174. The molecule has 21 heavy (non-hydrogen) atoms. The first-order valence-electron chi connectivity index (χ1n) is 6.73. The highest BCUT2D eigenvalue weighted by atomic mass is 16.6. The molecule has 0 saturated heterocycles. The topological polar surface area (TPSA) is 36.9 Å². The molecule has 0 N–H and O–H groups in total. The van der Waals surface area contributed by atoms with Gasteiger partial charge in [0.05, 0.1) is 13.2 Å². The number of hydrogen-bond acceptors (Lipinski definition) is 4. The Hall–Kier alpha value is -1.98. The van der Waals surface area contributed by atoms with E-state index in [1.807, 2.05) is 48.5 Å². The summed E-state index contributed by atoms with van der Waals surface area (Å²) in [5.41, 5.74) is 2.22. The van der Waals surface area contributed by atoms with E-state index in [1.54, 1.807) is 14.2 Å². The van der Waals surface area contributed by atoms with Crippen LogP contribution < -0.4 is 9.31 Å². The van der Waals surface area contributed by atoms with Crippen molar-refractivity contribution in [3.8, 4) is 11.5 Å². The summed E-state index contributed by atoms with van der Waals surface area (Å²) in [4.78, 5) is 0. The zero-order valence-electron chi connectivity index (χ0n) is 12.4. The molecule has 5 heteroatoms. The standard InChI is InChI=1S/C16H19BO4/c1-18-11-13-3-7-15(8-4-13)20-17-21-16-9-5-14(6-10-16)12-19-2/h3-10,17H,11-12H2,1-2H3. The van der Waals surface area contributed by atoms with Crippen molar-refractivity contribution in [2.75, 3.05) is 14.2 Å². The fourth-order valence-corrected chi connectivity index (χ4v) is 1.86. The zero-order valence-corrected chi connectivity index (χ0v) is 12.4. The third-order valence-electron chi connectivity index (χ3n) is 2.92. The van der Waals surface area contributed by atoms with Crippen molar-refractivity contribution in [1.82, 2.24) is 0 Å². The fraction of sp³-hybridized carbons (Fsp3) is 0.250. The second-order valence-corrected chi connectivity index (χ2v) is 4.56. The van der Waals surface area contributed by atoms with Crippen molar-refractivity contribution in [2.24, 2.45) is 0 Å². The van der Waals surface area contributed by atoms with Crippen LogP contribution in [-0.2, 0) is 22.7 Å². The van der Waals surface area contributed by atoms with Gasteiger partial charge in [-0.1, -0.05) is 24.3 Å². The Morgan fingerprint density at radius 1 is 0.667 bits per heavy atom. The van der Waals surface area contributed by atoms with Crippen molar-refractivity contribution in [1.29, 1.82) is 0 Å². The molecule has 0 fully saturated rings. The molecule has 0 aliphatic rings. The van der Waals surface area contributed by atoms with E-state index < -0.39 is 0 Å². The van der Waals surface area contributed by atoms with Crippen LogP contribution in [0.2, 0.25) is 0 Å². The minimum absolute atomic E-state index is 0.174. The summed E-state index contributed by atoms with van der Waals surface area (Å²) in [5.74, 6) is 1.54. The van der Waals surface area contributed by atoms with Gasteiger partial charge in [0.2, 0.25) is 0 Å². The fourth-order valence-electron chi connectivity index (χ4n) is 1.86. The van der Waals surface area contributed by atoms with Gasteiger partial charge in [-0.25, -0.2) is 0 Å². The van der Waals surface area contributed by atoms with Gasteiger partial charge >= 0.3 is 7.69 Å². The van der Waals surface area contributed by atoms with Crippen LogP contribution >= 0.6 is 0 Å². The van der Waals surface area contributed by atoms with Crippen molar-refractivity contribution < 1.29 is 18.8 Å². The lowest BCUT2D eigenvalue weighted by Crippen LogP contribution is -2.10. The lowest BCUT2D eigenvalue weighted by atomic mass is 10.2. The lowest BCUT2D eigenvalue weighted by Gasteiger charge is -2.08. The summed E-state index contributed by atoms with van der Waals surface area (Å²) in [6.45, 7) is 1.20. The van der Waals surface area contributed by atoms with E-state index in [0.717, 1.165) is 22.6 Å². The van der Waals surface area contributed by atoms with E-state index in [0.29, 0.717) is 13.2 Å². The van der Waals surface area contributed by atoms with Gasteiger partial charge in [-0.05, 0) is 35.4 Å². The van der Waals surface area contributed by atoms with Crippen LogP contribution in [0.4, 0.5) is 0 Å². The van der Waals surface area contributed by atoms with Gasteiger partial charge in [0.25, 0.3) is 0 Å². The summed E-state index contributed by atoms with van der Waals surface area (Å²) in [5, 5.41) is 0. The van der Waals surface area contributed by atoms with Crippen LogP contribution in [0, 0.1) is 0 Å². The molecule has 2 aromatic carbocycles. The average molecular weight is 286 g/mol. The van der Waals surface area contributed by atoms with Crippen molar-refractivity contribution in [3.63, 3.8) is 0 Å². The normalized spacial score (nSPS) is 10.2. The second kappa shape index (κ2) is 8.34. The Bertz CT molecular complexity index is 475. The Balaban J connectivity index is 1.78. The lowest BCUT2D eigenvalue weighted by molar-refractivity contribution is 0.185. The van der Waals surface area contributed by atoms with Gasteiger partial charge in [0.1, 0.15) is 11.5 Å². The smallest absolute Gasteiger partial charge is 0.529 e. The van der Waals surface area contributed by atoms with Crippen LogP contribution in [0.3, 0.4) is 0 Å². The molecule has 0 aliphatic heterocycles. The third kappa shape index (κ3) is 5.13. The van der Waals surface area contributed by atoms with Gasteiger partial charge in [0.15, 0.2) is 0 Å². The maximum absolute atomic E-state index is 5.53. The molecule has 0 radical (unpaired) electrons. The van der Waals surface area contributed by atoms with Gasteiger partial charge in [0, 0.05) is 14.2 Å². The van der Waals surface area contributed by atoms with Crippen LogP contribution in [0.15, 0.2) is 48.5 Å². The predicted octanol–water partition coefficient (Wildman–Crippen LogP) is 2.70. The van der Waals surface area contributed by atoms with E-state index in [-0.39, 0.29) is 7.69 Å². The molecule has 4 nitrogen and oxygen atoms in total. The minimum Gasteiger partial charge on any atom is -0.529 e. The SMILES string of the molecule is COCc1ccc(OBOc2ccc(COC)cc2)cc1. The zero-order chi connectivity index (χ0) is 14.9. The van der Waals surface area contributed by atoms with Gasteiger partial charge in [-0.3, -0.25) is 0 Å². The van der Waals surface area contributed by atoms with E-state index in [2.05, 4.69) is 0 Å². The van der Waals surface area contributed by atoms with E-state index in [9.17, 15) is 0 Å². The number of methoxy groups -OCH3 is 2. The molecule has 0 unspecified atom stereocenters. The van der Waals surface area contributed by atoms with E-state index in [4.69, 9.17) is 18.8 Å². The summed E-state index contributed by atoms with van der Waals surface area (Å²) in [6.07, 6.45) is 0. The van der Waals surface area contributed by atoms with Gasteiger partial charge in [-0.15, -0.1) is 0 Å². The molecular weight excluding hydrogens is 267 g/mol. The summed E-state index contributed by atoms with van der Waals surface area (Å²) < 4.78 is 21.2. The molecule has 0 atom stereocenters. The first kappa shape index (κ1) is 15.4. The van der Waals surface area contributed by atoms with Gasteiger partial charge in [-0.2, -0.15) is 0 Å². The molecule has 0 aromatic heterocycles. The third-order valence-corrected chi connectivity index (χ3v) is 2.92. The number of benzene rings is 2. The maximum Gasteiger partial charge on any atom is 0.576 e. The second-order valence-electron chi connectivity index (χ2n) is 4.56. The summed E-state index contributed by atoms with van der Waals surface area (Å²) in [6, 6.07) is 15.5. The van der Waals surface area contributed by atoms with Crippen LogP contribution in [0.5, 0.6) is 11.5 Å². The van der Waals surface area contributed by atoms with Crippen molar-refractivity contribution >= 4 is 7.69 Å². The predicted molar refractivity (Wildman–Crippen MR) is 82.7 cm³/mol. The molecular formula is C16H19BO4. The highest BCUT2D eigenvalue weighted by Gasteiger charge is 2.00. The number of hydrogen-bond donors (Lipinski definition) is 0. The van der Waals surface area contributed by atoms with E-state index in [1.165, 1.54) is 0 Å². The van der Waals surface area contributed by atoms with Crippen molar-refractivity contribution in [3.05, 3.63) is 59.7 Å². The molecule has 2 aromatic rings. The molecule has 0 heterocycles. The van der Waals surface area contributed by atoms with E-state index >= 15 is 0 Å². The Morgan fingerprint density at radius 3 is 1.38 bits per heavy atom.